The molecule has 0 bridgehead atoms. The molecule has 0 unspecified atom stereocenters. The van der Waals surface area contributed by atoms with Crippen molar-refractivity contribution in [3.05, 3.63) is 60.4 Å². The first-order valence-electron chi connectivity index (χ1n) is 13.3. The first kappa shape index (κ1) is 35.4. The quantitative estimate of drug-likeness (QED) is 0.0758. The van der Waals surface area contributed by atoms with Gasteiger partial charge in [-0.05, 0) is 68.3 Å². The minimum absolute atomic E-state index is 0.0333. The van der Waals surface area contributed by atoms with E-state index in [1.54, 1.807) is 49.4 Å². The van der Waals surface area contributed by atoms with E-state index in [9.17, 15) is 23.1 Å². The van der Waals surface area contributed by atoms with E-state index in [0.29, 0.717) is 47.9 Å². The summed E-state index contributed by atoms with van der Waals surface area (Å²) in [7, 11) is -3.59. The number of guanidine groups is 1. The smallest absolute Gasteiger partial charge is 0.362 e. The number of aliphatic carboxylic acids is 2. The third-order valence-corrected chi connectivity index (χ3v) is 6.46. The second kappa shape index (κ2) is 16.1. The largest absolute Gasteiger partial charge is 0.546 e. The summed E-state index contributed by atoms with van der Waals surface area (Å²) in [4.78, 5) is 25.2. The van der Waals surface area contributed by atoms with Gasteiger partial charge >= 0.3 is 16.1 Å². The molecule has 0 spiro atoms. The van der Waals surface area contributed by atoms with Gasteiger partial charge in [0.05, 0.1) is 12.2 Å². The van der Waals surface area contributed by atoms with Crippen molar-refractivity contribution >= 4 is 28.0 Å². The predicted molar refractivity (Wildman–Crippen MR) is 157 cm³/mol. The van der Waals surface area contributed by atoms with E-state index in [0.717, 1.165) is 6.26 Å². The molecule has 0 saturated carbocycles. The molecule has 1 aromatic heterocycles. The SMILES string of the molecule is CC[C@@](C)(Oc1ccc(OCc2cc(-c3ccc(OS(C)(=O)=O)cc3)no2)cc1)C(=O)[O-].NC(N)=NCCC[C@@H]([NH3+])C(=O)O. The average molecular weight is 636 g/mol. The zero-order valence-electron chi connectivity index (χ0n) is 24.6. The third-order valence-electron chi connectivity index (χ3n) is 5.97. The predicted octanol–water partition coefficient (Wildman–Crippen LogP) is 0.292. The fourth-order valence-electron chi connectivity index (χ4n) is 3.32. The minimum Gasteiger partial charge on any atom is -0.546 e. The second-order valence-electron chi connectivity index (χ2n) is 9.71. The van der Waals surface area contributed by atoms with E-state index < -0.39 is 33.7 Å². The molecule has 2 atom stereocenters. The maximum absolute atomic E-state index is 11.3. The van der Waals surface area contributed by atoms with Crippen LogP contribution in [-0.2, 0) is 26.3 Å². The summed E-state index contributed by atoms with van der Waals surface area (Å²) in [5, 5.41) is 23.7. The Bertz CT molecular complexity index is 1500. The number of carbonyl (C=O) groups is 2. The van der Waals surface area contributed by atoms with Crippen molar-refractivity contribution in [2.75, 3.05) is 12.8 Å². The lowest BCUT2D eigenvalue weighted by molar-refractivity contribution is -0.409. The van der Waals surface area contributed by atoms with Crippen LogP contribution in [0.3, 0.4) is 0 Å². The van der Waals surface area contributed by atoms with Crippen molar-refractivity contribution in [1.29, 1.82) is 0 Å². The van der Waals surface area contributed by atoms with Gasteiger partial charge in [-0.2, -0.15) is 8.42 Å². The van der Waals surface area contributed by atoms with Crippen LogP contribution in [0.15, 0.2) is 64.1 Å². The number of nitrogens with zero attached hydrogens (tertiary/aromatic N) is 2. The number of aliphatic imine (C=N–C) groups is 1. The molecule has 1 heterocycles. The molecule has 0 aliphatic heterocycles. The summed E-state index contributed by atoms with van der Waals surface area (Å²) in [6, 6.07) is 14.0. The highest BCUT2D eigenvalue weighted by atomic mass is 32.2. The summed E-state index contributed by atoms with van der Waals surface area (Å²) in [6.07, 6.45) is 2.36. The van der Waals surface area contributed by atoms with Crippen molar-refractivity contribution in [3.8, 4) is 28.5 Å². The molecule has 3 aromatic rings. The van der Waals surface area contributed by atoms with Crippen LogP contribution in [0.4, 0.5) is 0 Å². The first-order valence-corrected chi connectivity index (χ1v) is 15.1. The number of carboxylic acid groups (broad SMARTS) is 2. The summed E-state index contributed by atoms with van der Waals surface area (Å²) in [5.74, 6) is -0.535. The van der Waals surface area contributed by atoms with Crippen LogP contribution < -0.4 is 36.0 Å². The lowest BCUT2D eigenvalue weighted by atomic mass is 10.0. The van der Waals surface area contributed by atoms with Crippen LogP contribution >= 0.6 is 0 Å². The van der Waals surface area contributed by atoms with Crippen molar-refractivity contribution in [3.63, 3.8) is 0 Å². The van der Waals surface area contributed by atoms with Gasteiger partial charge < -0.3 is 50.4 Å². The molecule has 0 amide bonds. The van der Waals surface area contributed by atoms with Gasteiger partial charge in [-0.25, -0.2) is 4.79 Å². The Morgan fingerprint density at radius 3 is 2.23 bits per heavy atom. The maximum Gasteiger partial charge on any atom is 0.362 e. The van der Waals surface area contributed by atoms with E-state index >= 15 is 0 Å². The van der Waals surface area contributed by atoms with Gasteiger partial charge in [-0.3, -0.25) is 4.99 Å². The second-order valence-corrected chi connectivity index (χ2v) is 11.3. The Hall–Kier alpha value is -4.83. The van der Waals surface area contributed by atoms with Gasteiger partial charge in [0.2, 0.25) is 0 Å². The molecule has 16 heteroatoms. The van der Waals surface area contributed by atoms with Crippen LogP contribution in [0.1, 0.15) is 38.9 Å². The lowest BCUT2D eigenvalue weighted by Crippen LogP contribution is -2.64. The highest BCUT2D eigenvalue weighted by molar-refractivity contribution is 7.86. The van der Waals surface area contributed by atoms with E-state index in [1.165, 1.54) is 19.1 Å². The number of benzene rings is 2. The maximum atomic E-state index is 11.3. The monoisotopic (exact) mass is 635 g/mol. The number of carboxylic acids is 2. The highest BCUT2D eigenvalue weighted by Gasteiger charge is 2.26. The fourth-order valence-corrected chi connectivity index (χ4v) is 3.78. The van der Waals surface area contributed by atoms with Crippen molar-refractivity contribution in [2.24, 2.45) is 16.5 Å². The Balaban J connectivity index is 0.000000477. The van der Waals surface area contributed by atoms with Gasteiger partial charge in [-0.1, -0.05) is 12.1 Å². The Labute approximate surface area is 254 Å². The Kier molecular flexibility index (Phi) is 13.0. The number of rotatable bonds is 15. The average Bonchev–Trinajstić information content (AvgIpc) is 3.43. The first-order chi connectivity index (χ1) is 20.6. The number of quaternary nitrogens is 1. The van der Waals surface area contributed by atoms with Crippen LogP contribution in [0.5, 0.6) is 17.2 Å². The molecule has 2 aromatic carbocycles. The summed E-state index contributed by atoms with van der Waals surface area (Å²) in [5.41, 5.74) is 13.4. The van der Waals surface area contributed by atoms with Crippen LogP contribution in [0.2, 0.25) is 0 Å². The van der Waals surface area contributed by atoms with Gasteiger partial charge in [-0.15, -0.1) is 0 Å². The molecule has 15 nitrogen and oxygen atoms in total. The minimum atomic E-state index is -3.59. The van der Waals surface area contributed by atoms with Gasteiger partial charge in [0.15, 0.2) is 17.8 Å². The topological polar surface area (TPSA) is 257 Å². The van der Waals surface area contributed by atoms with Crippen LogP contribution in [-0.4, -0.2) is 61.0 Å². The summed E-state index contributed by atoms with van der Waals surface area (Å²) >= 11 is 0. The van der Waals surface area contributed by atoms with Crippen molar-refractivity contribution in [1.82, 2.24) is 5.16 Å². The number of aromatic nitrogens is 1. The molecule has 0 radical (unpaired) electrons. The normalized spacial score (nSPS) is 12.9. The standard InChI is InChI=1S/C22H23NO8S.C6H14N4O2/c1-4-22(2,21(24)25)29-17-11-9-16(10-12-17)28-14-19-13-20(23-30-19)15-5-7-18(8-6-15)31-32(3,26)27;7-4(5(11)12)2-1-3-10-6(8)9/h5-13H,4,14H2,1-3H3,(H,24,25);4H,1-3,7H2,(H,11,12)(H4,8,9,10)/t22-;4-/m11/s1. The molecular formula is C28H37N5O10S. The van der Waals surface area contributed by atoms with Gasteiger partial charge in [0.1, 0.15) is 35.2 Å². The molecule has 0 aliphatic rings. The number of carbonyl (C=O) groups excluding carboxylic acids is 1. The van der Waals surface area contributed by atoms with Crippen molar-refractivity contribution in [2.45, 2.75) is 51.4 Å². The fraction of sp³-hybridized carbons (Fsp3) is 0.357. The highest BCUT2D eigenvalue weighted by Crippen LogP contribution is 2.26. The van der Waals surface area contributed by atoms with E-state index in [2.05, 4.69) is 15.9 Å². The Morgan fingerprint density at radius 2 is 1.70 bits per heavy atom. The molecule has 0 saturated heterocycles. The summed E-state index contributed by atoms with van der Waals surface area (Å²) < 4.78 is 43.6. The van der Waals surface area contributed by atoms with Crippen LogP contribution in [0, 0.1) is 0 Å². The zero-order chi connectivity index (χ0) is 32.9. The van der Waals surface area contributed by atoms with E-state index in [1.807, 2.05) is 0 Å². The van der Waals surface area contributed by atoms with Crippen LogP contribution in [0.25, 0.3) is 11.3 Å². The van der Waals surface area contributed by atoms with Gasteiger partial charge in [0, 0.05) is 24.6 Å². The number of hydrogen-bond donors (Lipinski definition) is 4. The number of ether oxygens (including phenoxy) is 2. The summed E-state index contributed by atoms with van der Waals surface area (Å²) in [6.45, 7) is 3.74. The molecule has 240 valence electrons. The molecule has 3 rings (SSSR count). The zero-order valence-corrected chi connectivity index (χ0v) is 25.4. The molecule has 0 aliphatic carbocycles. The molecule has 0 fully saturated rings. The number of hydrogen-bond acceptors (Lipinski definition) is 11. The van der Waals surface area contributed by atoms with E-state index in [-0.39, 0.29) is 24.7 Å². The molecule has 44 heavy (non-hydrogen) atoms. The molecular weight excluding hydrogens is 598 g/mol. The molecule has 8 N–H and O–H groups in total. The van der Waals surface area contributed by atoms with Crippen molar-refractivity contribution < 1.29 is 52.1 Å². The van der Waals surface area contributed by atoms with E-state index in [4.69, 9.17) is 34.8 Å². The Morgan fingerprint density at radius 1 is 1.11 bits per heavy atom. The van der Waals surface area contributed by atoms with Gasteiger partial charge in [0.25, 0.3) is 0 Å². The lowest BCUT2D eigenvalue weighted by Gasteiger charge is -2.30. The third kappa shape index (κ3) is 12.2. The number of nitrogens with two attached hydrogens (primary N) is 2.